The average Bonchev–Trinajstić information content (AvgIpc) is 3.54. The van der Waals surface area contributed by atoms with E-state index >= 15 is 0 Å². The SMILES string of the molecule is O=C(O)c1ccc(CCCN(C(=O)C2CC2)C(CC2=CC=CCC2)C2=COC=CO2)s1. The molecular weight excluding hydrogens is 414 g/mol. The van der Waals surface area contributed by atoms with Crippen molar-refractivity contribution in [1.82, 2.24) is 4.90 Å². The molecule has 1 aliphatic heterocycles. The van der Waals surface area contributed by atoms with Gasteiger partial charge in [-0.3, -0.25) is 4.79 Å². The minimum absolute atomic E-state index is 0.101. The molecule has 6 nitrogen and oxygen atoms in total. The highest BCUT2D eigenvalue weighted by Crippen LogP contribution is 2.35. The molecule has 1 N–H and O–H groups in total. The van der Waals surface area contributed by atoms with Crippen LogP contribution < -0.4 is 0 Å². The van der Waals surface area contributed by atoms with E-state index < -0.39 is 5.97 Å². The number of allylic oxidation sites excluding steroid dienone is 3. The fourth-order valence-electron chi connectivity index (χ4n) is 3.90. The summed E-state index contributed by atoms with van der Waals surface area (Å²) in [6.45, 7) is 0.591. The standard InChI is InChI=1S/C24H27NO5S/c26-23(18-8-9-18)25(12-4-7-19-10-11-22(31-19)24(27)28)20(21-16-29-13-14-30-21)15-17-5-2-1-3-6-17/h1-2,5,10-11,13-14,16,18,20H,3-4,6-9,12,15H2,(H,27,28). The van der Waals surface area contributed by atoms with Crippen LogP contribution in [0.15, 0.2) is 60.5 Å². The molecule has 1 amide bonds. The zero-order valence-electron chi connectivity index (χ0n) is 17.4. The molecule has 31 heavy (non-hydrogen) atoms. The minimum Gasteiger partial charge on any atom is -0.477 e. The van der Waals surface area contributed by atoms with Crippen LogP contribution >= 0.6 is 11.3 Å². The number of carboxylic acids is 1. The summed E-state index contributed by atoms with van der Waals surface area (Å²) in [4.78, 5) is 27.7. The third kappa shape index (κ3) is 5.67. The van der Waals surface area contributed by atoms with Crippen LogP contribution in [-0.2, 0) is 20.7 Å². The first-order valence-electron chi connectivity index (χ1n) is 10.8. The molecule has 2 aliphatic carbocycles. The average molecular weight is 442 g/mol. The summed E-state index contributed by atoms with van der Waals surface area (Å²) in [5, 5.41) is 9.14. The molecule has 1 aromatic heterocycles. The highest BCUT2D eigenvalue weighted by atomic mass is 32.1. The number of nitrogens with zero attached hydrogens (tertiary/aromatic N) is 1. The Morgan fingerprint density at radius 2 is 2.13 bits per heavy atom. The maximum Gasteiger partial charge on any atom is 0.345 e. The molecule has 0 bridgehead atoms. The molecule has 1 aromatic rings. The van der Waals surface area contributed by atoms with E-state index in [-0.39, 0.29) is 17.9 Å². The van der Waals surface area contributed by atoms with Gasteiger partial charge in [0.2, 0.25) is 5.91 Å². The van der Waals surface area contributed by atoms with Crippen LogP contribution in [0.2, 0.25) is 0 Å². The van der Waals surface area contributed by atoms with E-state index in [4.69, 9.17) is 14.6 Å². The van der Waals surface area contributed by atoms with E-state index in [2.05, 4.69) is 18.2 Å². The summed E-state index contributed by atoms with van der Waals surface area (Å²) >= 11 is 1.30. The van der Waals surface area contributed by atoms with Crippen LogP contribution in [-0.4, -0.2) is 34.5 Å². The molecule has 0 radical (unpaired) electrons. The number of thiophene rings is 1. The number of rotatable bonds is 10. The van der Waals surface area contributed by atoms with Crippen molar-refractivity contribution in [2.45, 2.75) is 51.0 Å². The Hall–Kier alpha value is -2.80. The number of carboxylic acid groups (broad SMARTS) is 1. The van der Waals surface area contributed by atoms with Crippen molar-refractivity contribution in [3.05, 3.63) is 70.2 Å². The van der Waals surface area contributed by atoms with E-state index in [0.29, 0.717) is 23.6 Å². The molecule has 0 saturated heterocycles. The van der Waals surface area contributed by atoms with Gasteiger partial charge in [0.15, 0.2) is 5.76 Å². The van der Waals surface area contributed by atoms with Gasteiger partial charge in [0.25, 0.3) is 0 Å². The highest BCUT2D eigenvalue weighted by molar-refractivity contribution is 7.13. The van der Waals surface area contributed by atoms with E-state index in [9.17, 15) is 9.59 Å². The first-order chi connectivity index (χ1) is 15.1. The van der Waals surface area contributed by atoms with Crippen molar-refractivity contribution in [3.63, 3.8) is 0 Å². The summed E-state index contributed by atoms with van der Waals surface area (Å²) in [5.41, 5.74) is 1.30. The van der Waals surface area contributed by atoms with Crippen molar-refractivity contribution in [2.75, 3.05) is 6.54 Å². The topological polar surface area (TPSA) is 76.1 Å². The molecule has 4 rings (SSSR count). The van der Waals surface area contributed by atoms with E-state index in [0.717, 1.165) is 43.4 Å². The van der Waals surface area contributed by atoms with Gasteiger partial charge in [-0.25, -0.2) is 4.79 Å². The summed E-state index contributed by atoms with van der Waals surface area (Å²) < 4.78 is 11.1. The number of hydrogen-bond acceptors (Lipinski definition) is 5. The molecule has 1 unspecified atom stereocenters. The maximum atomic E-state index is 13.2. The van der Waals surface area contributed by atoms with Crippen LogP contribution in [0.25, 0.3) is 0 Å². The van der Waals surface area contributed by atoms with Gasteiger partial charge in [0.1, 0.15) is 23.7 Å². The predicted octanol–water partition coefficient (Wildman–Crippen LogP) is 5.01. The largest absolute Gasteiger partial charge is 0.477 e. The van der Waals surface area contributed by atoms with Crippen molar-refractivity contribution < 1.29 is 24.2 Å². The molecule has 1 atom stereocenters. The number of ether oxygens (including phenoxy) is 2. The zero-order valence-corrected chi connectivity index (χ0v) is 18.2. The third-order valence-electron chi connectivity index (χ3n) is 5.69. The van der Waals surface area contributed by atoms with Crippen LogP contribution in [0.1, 0.15) is 53.1 Å². The Bertz CT molecular complexity index is 938. The summed E-state index contributed by atoms with van der Waals surface area (Å²) in [6.07, 6.45) is 17.0. The second-order valence-corrected chi connectivity index (χ2v) is 9.21. The Morgan fingerprint density at radius 1 is 1.26 bits per heavy atom. The lowest BCUT2D eigenvalue weighted by atomic mass is 9.95. The smallest absolute Gasteiger partial charge is 0.345 e. The van der Waals surface area contributed by atoms with Crippen molar-refractivity contribution in [2.24, 2.45) is 5.92 Å². The number of amides is 1. The Balaban J connectivity index is 1.49. The van der Waals surface area contributed by atoms with Crippen molar-refractivity contribution in [3.8, 4) is 0 Å². The first-order valence-corrected chi connectivity index (χ1v) is 11.6. The molecule has 164 valence electrons. The first kappa shape index (κ1) is 21.4. The lowest BCUT2D eigenvalue weighted by molar-refractivity contribution is -0.135. The van der Waals surface area contributed by atoms with Crippen molar-refractivity contribution >= 4 is 23.2 Å². The second kappa shape index (κ2) is 10.0. The summed E-state index contributed by atoms with van der Waals surface area (Å²) in [5.74, 6) is 0.0273. The fourth-order valence-corrected chi connectivity index (χ4v) is 4.79. The lowest BCUT2D eigenvalue weighted by Gasteiger charge is -2.34. The second-order valence-electron chi connectivity index (χ2n) is 8.04. The lowest BCUT2D eigenvalue weighted by Crippen LogP contribution is -2.44. The van der Waals surface area contributed by atoms with Gasteiger partial charge in [-0.05, 0) is 57.1 Å². The van der Waals surface area contributed by atoms with Gasteiger partial charge in [-0.2, -0.15) is 0 Å². The van der Waals surface area contributed by atoms with Gasteiger partial charge in [0.05, 0.1) is 6.04 Å². The number of carbonyl (C=O) groups excluding carboxylic acids is 1. The van der Waals surface area contributed by atoms with E-state index in [1.807, 2.05) is 11.0 Å². The van der Waals surface area contributed by atoms with Gasteiger partial charge >= 0.3 is 5.97 Å². The van der Waals surface area contributed by atoms with Gasteiger partial charge in [-0.1, -0.05) is 23.8 Å². The normalized spacial score (nSPS) is 18.5. The number of aryl methyl sites for hydroxylation is 1. The molecule has 3 aliphatic rings. The molecular formula is C24H27NO5S. The Labute approximate surface area is 186 Å². The van der Waals surface area contributed by atoms with Crippen LogP contribution in [0.5, 0.6) is 0 Å². The number of aromatic carboxylic acids is 1. The van der Waals surface area contributed by atoms with Crippen LogP contribution in [0, 0.1) is 5.92 Å². The quantitative estimate of drug-likeness (QED) is 0.552. The Morgan fingerprint density at radius 3 is 2.77 bits per heavy atom. The molecule has 1 fully saturated rings. The number of carbonyl (C=O) groups is 2. The fraction of sp³-hybridized carbons (Fsp3) is 0.417. The molecule has 1 saturated carbocycles. The van der Waals surface area contributed by atoms with Gasteiger partial charge in [-0.15, -0.1) is 11.3 Å². The van der Waals surface area contributed by atoms with Crippen LogP contribution in [0.3, 0.4) is 0 Å². The van der Waals surface area contributed by atoms with Crippen LogP contribution in [0.4, 0.5) is 0 Å². The third-order valence-corrected chi connectivity index (χ3v) is 6.82. The molecule has 7 heteroatoms. The highest BCUT2D eigenvalue weighted by Gasteiger charge is 2.38. The minimum atomic E-state index is -0.897. The van der Waals surface area contributed by atoms with Crippen molar-refractivity contribution in [1.29, 1.82) is 0 Å². The van der Waals surface area contributed by atoms with Gasteiger partial charge in [0, 0.05) is 17.3 Å². The molecule has 2 heterocycles. The monoisotopic (exact) mass is 441 g/mol. The molecule has 0 spiro atoms. The maximum absolute atomic E-state index is 13.2. The summed E-state index contributed by atoms with van der Waals surface area (Å²) in [7, 11) is 0. The predicted molar refractivity (Wildman–Crippen MR) is 118 cm³/mol. The summed E-state index contributed by atoms with van der Waals surface area (Å²) in [6, 6.07) is 3.29. The Kier molecular flexibility index (Phi) is 6.92. The van der Waals surface area contributed by atoms with E-state index in [1.54, 1.807) is 12.3 Å². The van der Waals surface area contributed by atoms with Gasteiger partial charge < -0.3 is 19.5 Å². The number of hydrogen-bond donors (Lipinski definition) is 1. The molecule has 0 aromatic carbocycles. The zero-order chi connectivity index (χ0) is 21.6. The van der Waals surface area contributed by atoms with E-state index in [1.165, 1.54) is 29.4 Å².